The van der Waals surface area contributed by atoms with E-state index >= 15 is 0 Å². The molecule has 0 N–H and O–H groups in total. The molecule has 2 aromatic heterocycles. The van der Waals surface area contributed by atoms with E-state index in [4.69, 9.17) is 4.74 Å². The number of rotatable bonds is 5. The van der Waals surface area contributed by atoms with Crippen LogP contribution in [0.5, 0.6) is 0 Å². The van der Waals surface area contributed by atoms with Gasteiger partial charge < -0.3 is 4.74 Å². The fourth-order valence-electron chi connectivity index (χ4n) is 4.20. The first-order chi connectivity index (χ1) is 12.7. The first-order valence-electron chi connectivity index (χ1n) is 9.58. The summed E-state index contributed by atoms with van der Waals surface area (Å²) in [4.78, 5) is 13.5. The van der Waals surface area contributed by atoms with Crippen LogP contribution in [0.1, 0.15) is 30.5 Å². The van der Waals surface area contributed by atoms with Crippen molar-refractivity contribution >= 4 is 0 Å². The SMILES string of the molecule is CN(Cc1ccncc1)[C@@H]1COC2(CCN(Cc3ccccn3)CC2)C1. The molecule has 0 aliphatic carbocycles. The van der Waals surface area contributed by atoms with Gasteiger partial charge in [0.2, 0.25) is 0 Å². The van der Waals surface area contributed by atoms with Crippen molar-refractivity contribution in [2.45, 2.75) is 44.0 Å². The molecule has 2 aromatic rings. The summed E-state index contributed by atoms with van der Waals surface area (Å²) in [5, 5.41) is 0. The lowest BCUT2D eigenvalue weighted by Gasteiger charge is -2.38. The Hall–Kier alpha value is -1.82. The van der Waals surface area contributed by atoms with Crippen molar-refractivity contribution in [3.05, 3.63) is 60.2 Å². The summed E-state index contributed by atoms with van der Waals surface area (Å²) in [5.74, 6) is 0. The molecule has 1 atom stereocenters. The van der Waals surface area contributed by atoms with Crippen LogP contribution >= 0.6 is 0 Å². The molecule has 2 aliphatic rings. The van der Waals surface area contributed by atoms with Gasteiger partial charge in [0, 0.05) is 50.8 Å². The molecule has 0 radical (unpaired) electrons. The fourth-order valence-corrected chi connectivity index (χ4v) is 4.20. The minimum Gasteiger partial charge on any atom is -0.373 e. The van der Waals surface area contributed by atoms with Crippen molar-refractivity contribution in [1.29, 1.82) is 0 Å². The molecule has 5 heteroatoms. The minimum atomic E-state index is 0.0811. The number of nitrogens with zero attached hydrogens (tertiary/aromatic N) is 4. The standard InChI is InChI=1S/C21H28N4O/c1-24(15-18-5-10-22-11-6-18)20-14-21(26-17-20)7-12-25(13-8-21)16-19-4-2-3-9-23-19/h2-6,9-11,20H,7-8,12-17H2,1H3/t20-/m0/s1. The molecule has 138 valence electrons. The molecule has 0 amide bonds. The predicted octanol–water partition coefficient (Wildman–Crippen LogP) is 2.73. The summed E-state index contributed by atoms with van der Waals surface area (Å²) in [6.45, 7) is 4.94. The van der Waals surface area contributed by atoms with Crippen LogP contribution in [-0.2, 0) is 17.8 Å². The number of ether oxygens (including phenoxy) is 1. The fraction of sp³-hybridized carbons (Fsp3) is 0.524. The third-order valence-electron chi connectivity index (χ3n) is 5.87. The van der Waals surface area contributed by atoms with Crippen molar-refractivity contribution in [3.63, 3.8) is 0 Å². The second-order valence-electron chi connectivity index (χ2n) is 7.72. The van der Waals surface area contributed by atoms with E-state index < -0.39 is 0 Å². The lowest BCUT2D eigenvalue weighted by Crippen LogP contribution is -2.44. The highest BCUT2D eigenvalue weighted by molar-refractivity contribution is 5.10. The molecule has 1 spiro atoms. The normalized spacial score (nSPS) is 22.9. The van der Waals surface area contributed by atoms with E-state index in [1.54, 1.807) is 0 Å². The Balaban J connectivity index is 1.28. The summed E-state index contributed by atoms with van der Waals surface area (Å²) < 4.78 is 6.36. The van der Waals surface area contributed by atoms with E-state index in [1.165, 1.54) is 5.56 Å². The average Bonchev–Trinajstić information content (AvgIpc) is 3.10. The zero-order valence-corrected chi connectivity index (χ0v) is 15.6. The van der Waals surface area contributed by atoms with Gasteiger partial charge in [0.05, 0.1) is 17.9 Å². The number of hydrogen-bond donors (Lipinski definition) is 0. The summed E-state index contributed by atoms with van der Waals surface area (Å²) in [6, 6.07) is 10.8. The number of pyridine rings is 2. The van der Waals surface area contributed by atoms with Gasteiger partial charge in [0.1, 0.15) is 0 Å². The Kier molecular flexibility index (Phi) is 5.29. The monoisotopic (exact) mass is 352 g/mol. The number of aromatic nitrogens is 2. The van der Waals surface area contributed by atoms with Crippen molar-refractivity contribution in [3.8, 4) is 0 Å². The zero-order valence-electron chi connectivity index (χ0n) is 15.6. The maximum absolute atomic E-state index is 6.36. The Morgan fingerprint density at radius 2 is 1.96 bits per heavy atom. The van der Waals surface area contributed by atoms with Gasteiger partial charge in [0.25, 0.3) is 0 Å². The van der Waals surface area contributed by atoms with Gasteiger partial charge in [0.15, 0.2) is 0 Å². The van der Waals surface area contributed by atoms with Crippen LogP contribution < -0.4 is 0 Å². The molecule has 4 rings (SSSR count). The second-order valence-corrected chi connectivity index (χ2v) is 7.72. The molecule has 2 fully saturated rings. The lowest BCUT2D eigenvalue weighted by molar-refractivity contribution is -0.0454. The predicted molar refractivity (Wildman–Crippen MR) is 102 cm³/mol. The van der Waals surface area contributed by atoms with Gasteiger partial charge in [-0.15, -0.1) is 0 Å². The molecule has 0 unspecified atom stereocenters. The highest BCUT2D eigenvalue weighted by Crippen LogP contribution is 2.37. The number of piperidine rings is 1. The van der Waals surface area contributed by atoms with Crippen LogP contribution in [-0.4, -0.2) is 58.2 Å². The molecular weight excluding hydrogens is 324 g/mol. The van der Waals surface area contributed by atoms with E-state index in [0.717, 1.165) is 57.7 Å². The Morgan fingerprint density at radius 1 is 1.15 bits per heavy atom. The van der Waals surface area contributed by atoms with Gasteiger partial charge in [-0.05, 0) is 56.1 Å². The third kappa shape index (κ3) is 4.11. The maximum atomic E-state index is 6.36. The van der Waals surface area contributed by atoms with Crippen LogP contribution in [0.2, 0.25) is 0 Å². The Labute approximate surface area is 156 Å². The first-order valence-corrected chi connectivity index (χ1v) is 9.58. The van der Waals surface area contributed by atoms with Gasteiger partial charge >= 0.3 is 0 Å². The zero-order chi connectivity index (χ0) is 17.8. The molecule has 0 aromatic carbocycles. The van der Waals surface area contributed by atoms with E-state index in [9.17, 15) is 0 Å². The smallest absolute Gasteiger partial charge is 0.0723 e. The third-order valence-corrected chi connectivity index (χ3v) is 5.87. The van der Waals surface area contributed by atoms with Crippen LogP contribution in [0.25, 0.3) is 0 Å². The van der Waals surface area contributed by atoms with E-state index in [-0.39, 0.29) is 5.60 Å². The van der Waals surface area contributed by atoms with Gasteiger partial charge in [-0.1, -0.05) is 6.07 Å². The van der Waals surface area contributed by atoms with Crippen molar-refractivity contribution in [1.82, 2.24) is 19.8 Å². The summed E-state index contributed by atoms with van der Waals surface area (Å²) in [5.41, 5.74) is 2.55. The summed E-state index contributed by atoms with van der Waals surface area (Å²) >= 11 is 0. The molecule has 2 saturated heterocycles. The van der Waals surface area contributed by atoms with E-state index in [2.05, 4.69) is 51.1 Å². The van der Waals surface area contributed by atoms with Crippen molar-refractivity contribution in [2.75, 3.05) is 26.7 Å². The van der Waals surface area contributed by atoms with Crippen LogP contribution in [0.3, 0.4) is 0 Å². The minimum absolute atomic E-state index is 0.0811. The van der Waals surface area contributed by atoms with Crippen molar-refractivity contribution < 1.29 is 4.74 Å². The molecule has 0 bridgehead atoms. The number of likely N-dealkylation sites (tertiary alicyclic amines) is 1. The summed E-state index contributed by atoms with van der Waals surface area (Å²) in [7, 11) is 2.21. The largest absolute Gasteiger partial charge is 0.373 e. The molecule has 26 heavy (non-hydrogen) atoms. The first kappa shape index (κ1) is 17.6. The van der Waals surface area contributed by atoms with Crippen molar-refractivity contribution in [2.24, 2.45) is 0 Å². The molecule has 5 nitrogen and oxygen atoms in total. The second kappa shape index (κ2) is 7.82. The van der Waals surface area contributed by atoms with E-state index in [1.807, 2.05) is 24.7 Å². The highest BCUT2D eigenvalue weighted by atomic mass is 16.5. The van der Waals surface area contributed by atoms with Crippen LogP contribution in [0, 0.1) is 0 Å². The Morgan fingerprint density at radius 3 is 2.69 bits per heavy atom. The van der Waals surface area contributed by atoms with Crippen LogP contribution in [0.4, 0.5) is 0 Å². The molecular formula is C21H28N4O. The lowest BCUT2D eigenvalue weighted by atomic mass is 9.87. The van der Waals surface area contributed by atoms with Crippen LogP contribution in [0.15, 0.2) is 48.9 Å². The number of likely N-dealkylation sites (N-methyl/N-ethyl adjacent to an activating group) is 1. The topological polar surface area (TPSA) is 41.5 Å². The van der Waals surface area contributed by atoms with E-state index in [0.29, 0.717) is 6.04 Å². The number of hydrogen-bond acceptors (Lipinski definition) is 5. The molecule has 4 heterocycles. The Bertz CT molecular complexity index is 686. The molecule has 0 saturated carbocycles. The van der Waals surface area contributed by atoms with Gasteiger partial charge in [-0.2, -0.15) is 0 Å². The highest BCUT2D eigenvalue weighted by Gasteiger charge is 2.43. The van der Waals surface area contributed by atoms with Gasteiger partial charge in [-0.25, -0.2) is 0 Å². The molecule has 2 aliphatic heterocycles. The quantitative estimate of drug-likeness (QED) is 0.828. The van der Waals surface area contributed by atoms with Gasteiger partial charge in [-0.3, -0.25) is 19.8 Å². The average molecular weight is 352 g/mol. The maximum Gasteiger partial charge on any atom is 0.0723 e. The summed E-state index contributed by atoms with van der Waals surface area (Å²) in [6.07, 6.45) is 9.01.